The number of carbonyl (C=O) groups is 1. The third kappa shape index (κ3) is 5.78. The molecule has 3 aromatic heterocycles. The minimum atomic E-state index is -0.696. The molecular weight excluding hydrogens is 513 g/mol. The second-order valence-electron chi connectivity index (χ2n) is 9.13. The zero-order valence-corrected chi connectivity index (χ0v) is 21.8. The van der Waals surface area contributed by atoms with E-state index in [1.54, 1.807) is 66.7 Å². The molecule has 12 heteroatoms. The number of amides is 2. The van der Waals surface area contributed by atoms with Crippen molar-refractivity contribution >= 4 is 17.5 Å². The van der Waals surface area contributed by atoms with Crippen molar-refractivity contribution < 1.29 is 13.9 Å². The summed E-state index contributed by atoms with van der Waals surface area (Å²) in [6.45, 7) is 3.94. The summed E-state index contributed by atoms with van der Waals surface area (Å²) in [7, 11) is 1.80. The van der Waals surface area contributed by atoms with Gasteiger partial charge in [0.25, 0.3) is 0 Å². The van der Waals surface area contributed by atoms with Crippen LogP contribution in [0.25, 0.3) is 16.9 Å². The highest BCUT2D eigenvalue weighted by Crippen LogP contribution is 2.27. The Morgan fingerprint density at radius 2 is 1.98 bits per heavy atom. The number of benzene rings is 2. The Morgan fingerprint density at radius 1 is 1.12 bits per heavy atom. The van der Waals surface area contributed by atoms with Gasteiger partial charge in [0.1, 0.15) is 17.4 Å². The van der Waals surface area contributed by atoms with Crippen molar-refractivity contribution in [2.45, 2.75) is 19.8 Å². The van der Waals surface area contributed by atoms with Gasteiger partial charge in [0.2, 0.25) is 0 Å². The molecular formula is C28H24FN9O2. The first-order valence-electron chi connectivity index (χ1n) is 12.3. The molecule has 0 fully saturated rings. The summed E-state index contributed by atoms with van der Waals surface area (Å²) in [4.78, 5) is 21.4. The molecule has 40 heavy (non-hydrogen) atoms. The zero-order valence-electron chi connectivity index (χ0n) is 21.8. The molecule has 0 aliphatic rings. The van der Waals surface area contributed by atoms with E-state index in [2.05, 4.69) is 36.9 Å². The van der Waals surface area contributed by atoms with Gasteiger partial charge in [-0.05, 0) is 42.3 Å². The van der Waals surface area contributed by atoms with Crippen LogP contribution in [0.4, 0.5) is 20.7 Å². The van der Waals surface area contributed by atoms with Crippen LogP contribution in [-0.2, 0) is 7.05 Å². The van der Waals surface area contributed by atoms with Gasteiger partial charge in [0.15, 0.2) is 0 Å². The summed E-state index contributed by atoms with van der Waals surface area (Å²) in [6, 6.07) is 15.6. The third-order valence-corrected chi connectivity index (χ3v) is 5.81. The molecule has 0 unspecified atom stereocenters. The maximum Gasteiger partial charge on any atom is 0.324 e. The van der Waals surface area contributed by atoms with Gasteiger partial charge in [-0.25, -0.2) is 18.9 Å². The quantitative estimate of drug-likeness (QED) is 0.274. The van der Waals surface area contributed by atoms with Crippen LogP contribution in [0.15, 0.2) is 73.2 Å². The van der Waals surface area contributed by atoms with Gasteiger partial charge in [0.05, 0.1) is 40.6 Å². The van der Waals surface area contributed by atoms with E-state index in [9.17, 15) is 14.4 Å². The number of carbonyl (C=O) groups excluding carboxylic acids is 1. The Labute approximate surface area is 228 Å². The van der Waals surface area contributed by atoms with Gasteiger partial charge in [0, 0.05) is 37.1 Å². The Kier molecular flexibility index (Phi) is 7.19. The molecule has 0 bridgehead atoms. The average Bonchev–Trinajstić information content (AvgIpc) is 3.57. The molecule has 200 valence electrons. The fourth-order valence-corrected chi connectivity index (χ4v) is 3.82. The smallest absolute Gasteiger partial charge is 0.324 e. The molecule has 0 atom stereocenters. The van der Waals surface area contributed by atoms with Crippen molar-refractivity contribution in [2.24, 2.45) is 7.05 Å². The zero-order chi connectivity index (χ0) is 28.2. The molecule has 2 amide bonds. The van der Waals surface area contributed by atoms with Crippen molar-refractivity contribution in [2.75, 3.05) is 10.6 Å². The lowest BCUT2D eigenvalue weighted by Gasteiger charge is -2.12. The molecule has 2 aromatic carbocycles. The van der Waals surface area contributed by atoms with Crippen molar-refractivity contribution in [1.29, 1.82) is 5.26 Å². The van der Waals surface area contributed by atoms with E-state index in [1.807, 2.05) is 13.8 Å². The second kappa shape index (κ2) is 11.0. The Balaban J connectivity index is 1.34. The first-order chi connectivity index (χ1) is 19.3. The monoisotopic (exact) mass is 537 g/mol. The van der Waals surface area contributed by atoms with Crippen LogP contribution in [0.2, 0.25) is 0 Å². The maximum absolute atomic E-state index is 14.6. The first-order valence-corrected chi connectivity index (χ1v) is 12.3. The van der Waals surface area contributed by atoms with E-state index in [1.165, 1.54) is 22.9 Å². The minimum absolute atomic E-state index is 0.0491. The van der Waals surface area contributed by atoms with Crippen molar-refractivity contribution in [3.63, 3.8) is 0 Å². The summed E-state index contributed by atoms with van der Waals surface area (Å²) in [5.41, 5.74) is 3.05. The van der Waals surface area contributed by atoms with E-state index < -0.39 is 11.8 Å². The highest BCUT2D eigenvalue weighted by atomic mass is 19.1. The summed E-state index contributed by atoms with van der Waals surface area (Å²) < 4.78 is 23.6. The Hall–Kier alpha value is -5.57. The predicted molar refractivity (Wildman–Crippen MR) is 146 cm³/mol. The van der Waals surface area contributed by atoms with Gasteiger partial charge in [-0.3, -0.25) is 10.00 Å². The average molecular weight is 538 g/mol. The Morgan fingerprint density at radius 3 is 2.73 bits per heavy atom. The van der Waals surface area contributed by atoms with Crippen LogP contribution in [0.3, 0.4) is 0 Å². The van der Waals surface area contributed by atoms with Crippen LogP contribution < -0.4 is 15.4 Å². The summed E-state index contributed by atoms with van der Waals surface area (Å²) in [5, 5.41) is 23.2. The van der Waals surface area contributed by atoms with Crippen molar-refractivity contribution in [3.8, 4) is 34.8 Å². The molecule has 0 radical (unpaired) electrons. The van der Waals surface area contributed by atoms with Gasteiger partial charge < -0.3 is 10.1 Å². The fraction of sp³-hybridized carbons (Fsp3) is 0.143. The number of anilines is 2. The number of hydrogen-bond acceptors (Lipinski definition) is 7. The number of rotatable bonds is 7. The highest BCUT2D eigenvalue weighted by Gasteiger charge is 2.17. The number of nitrogens with one attached hydrogen (secondary N) is 2. The number of halogens is 1. The SMILES string of the molecule is CC(C)c1cc(NC(=O)Nc2cc(Oc3nccc(-c4cnn(C)c4)n3)ccc2F)n(-c2cccc(C#N)c2)n1. The molecule has 0 saturated carbocycles. The maximum atomic E-state index is 14.6. The summed E-state index contributed by atoms with van der Waals surface area (Å²) >= 11 is 0. The van der Waals surface area contributed by atoms with Gasteiger partial charge in [-0.1, -0.05) is 19.9 Å². The standard InChI is InChI=1S/C28H24FN9O2/c1-17(2)24-13-26(38(36-24)20-6-4-5-18(11-20)14-30)35-27(39)33-25-12-21(7-8-22(25)29)40-28-31-10-9-23(34-28)19-15-32-37(3)16-19/h4-13,15-17H,1-3H3,(H2,33,35,39). The highest BCUT2D eigenvalue weighted by molar-refractivity contribution is 5.99. The van der Waals surface area contributed by atoms with E-state index in [0.29, 0.717) is 22.8 Å². The van der Waals surface area contributed by atoms with Crippen LogP contribution >= 0.6 is 0 Å². The molecule has 0 spiro atoms. The van der Waals surface area contributed by atoms with Crippen LogP contribution in [0.1, 0.15) is 31.0 Å². The minimum Gasteiger partial charge on any atom is -0.424 e. The molecule has 0 saturated heterocycles. The molecule has 5 aromatic rings. The first kappa shape index (κ1) is 26.1. The lowest BCUT2D eigenvalue weighted by molar-refractivity contribution is 0.262. The van der Waals surface area contributed by atoms with Crippen LogP contribution in [0.5, 0.6) is 11.8 Å². The van der Waals surface area contributed by atoms with Gasteiger partial charge in [-0.15, -0.1) is 0 Å². The topological polar surface area (TPSA) is 136 Å². The predicted octanol–water partition coefficient (Wildman–Crippen LogP) is 5.63. The van der Waals surface area contributed by atoms with Gasteiger partial charge in [-0.2, -0.15) is 20.4 Å². The molecule has 5 rings (SSSR count). The second-order valence-corrected chi connectivity index (χ2v) is 9.13. The third-order valence-electron chi connectivity index (χ3n) is 5.81. The fourth-order valence-electron chi connectivity index (χ4n) is 3.82. The molecule has 11 nitrogen and oxygen atoms in total. The summed E-state index contributed by atoms with van der Waals surface area (Å²) in [5.74, 6) is -0.00926. The molecule has 0 aliphatic carbocycles. The lowest BCUT2D eigenvalue weighted by atomic mass is 10.1. The lowest BCUT2D eigenvalue weighted by Crippen LogP contribution is -2.22. The van der Waals surface area contributed by atoms with E-state index in [4.69, 9.17) is 4.74 Å². The number of nitriles is 1. The molecule has 3 heterocycles. The largest absolute Gasteiger partial charge is 0.424 e. The Bertz CT molecular complexity index is 1740. The van der Waals surface area contributed by atoms with E-state index >= 15 is 0 Å². The number of ether oxygens (including phenoxy) is 1. The number of aromatic nitrogens is 6. The number of aryl methyl sites for hydroxylation is 1. The van der Waals surface area contributed by atoms with Crippen LogP contribution in [0, 0.1) is 17.1 Å². The van der Waals surface area contributed by atoms with Crippen molar-refractivity contribution in [3.05, 3.63) is 90.3 Å². The van der Waals surface area contributed by atoms with Crippen molar-refractivity contribution in [1.82, 2.24) is 29.5 Å². The number of urea groups is 1. The van der Waals surface area contributed by atoms with Gasteiger partial charge >= 0.3 is 12.0 Å². The van der Waals surface area contributed by atoms with Crippen LogP contribution in [-0.4, -0.2) is 35.6 Å². The molecule has 0 aliphatic heterocycles. The molecule has 2 N–H and O–H groups in total. The summed E-state index contributed by atoms with van der Waals surface area (Å²) in [6.07, 6.45) is 5.02. The van der Waals surface area contributed by atoms with E-state index in [0.717, 1.165) is 11.3 Å². The van der Waals surface area contributed by atoms with E-state index in [-0.39, 0.29) is 23.4 Å². The number of hydrogen-bond donors (Lipinski definition) is 2. The normalized spacial score (nSPS) is 10.8. The number of nitrogens with zero attached hydrogens (tertiary/aromatic N) is 7.